The molecule has 3 unspecified atom stereocenters. The number of rotatable bonds is 0. The van der Waals surface area contributed by atoms with E-state index in [9.17, 15) is 5.11 Å². The van der Waals surface area contributed by atoms with E-state index in [1.54, 1.807) is 0 Å². The molecule has 2 bridgehead atoms. The Morgan fingerprint density at radius 3 is 2.92 bits per heavy atom. The van der Waals surface area contributed by atoms with Crippen molar-refractivity contribution in [2.24, 2.45) is 0 Å². The summed E-state index contributed by atoms with van der Waals surface area (Å²) in [6.45, 7) is 2.14. The summed E-state index contributed by atoms with van der Waals surface area (Å²) in [6.07, 6.45) is 2.10. The highest BCUT2D eigenvalue weighted by molar-refractivity contribution is 5.44. The van der Waals surface area contributed by atoms with E-state index in [-0.39, 0.29) is 6.10 Å². The summed E-state index contributed by atoms with van der Waals surface area (Å²) >= 11 is 0. The maximum absolute atomic E-state index is 9.74. The van der Waals surface area contributed by atoms with Crippen molar-refractivity contribution in [3.63, 3.8) is 0 Å². The highest BCUT2D eigenvalue weighted by atomic mass is 16.3. The van der Waals surface area contributed by atoms with Gasteiger partial charge in [0.1, 0.15) is 0 Å². The molecule has 0 amide bonds. The number of aliphatic hydroxyl groups excluding tert-OH is 1. The zero-order valence-electron chi connectivity index (χ0n) is 7.83. The number of hydrogen-bond donors (Lipinski definition) is 1. The molecule has 0 saturated heterocycles. The fraction of sp³-hybridized carbons (Fsp3) is 0.500. The monoisotopic (exact) mass is 174 g/mol. The van der Waals surface area contributed by atoms with E-state index in [1.165, 1.54) is 23.1 Å². The minimum Gasteiger partial charge on any atom is -0.392 e. The molecule has 0 spiro atoms. The van der Waals surface area contributed by atoms with Gasteiger partial charge in [0.05, 0.1) is 6.10 Å². The average Bonchev–Trinajstić information content (AvgIpc) is 2.61. The van der Waals surface area contributed by atoms with Crippen molar-refractivity contribution in [2.45, 2.75) is 37.7 Å². The lowest BCUT2D eigenvalue weighted by molar-refractivity contribution is 0.158. The van der Waals surface area contributed by atoms with Crippen molar-refractivity contribution < 1.29 is 5.11 Å². The Hall–Kier alpha value is -0.820. The average molecular weight is 174 g/mol. The van der Waals surface area contributed by atoms with Crippen LogP contribution in [0.5, 0.6) is 0 Å². The minimum atomic E-state index is -0.0693. The van der Waals surface area contributed by atoms with Crippen LogP contribution in [-0.4, -0.2) is 11.2 Å². The van der Waals surface area contributed by atoms with Gasteiger partial charge in [0.15, 0.2) is 0 Å². The van der Waals surface area contributed by atoms with Crippen LogP contribution in [0.25, 0.3) is 0 Å². The first-order valence-corrected chi connectivity index (χ1v) is 5.04. The van der Waals surface area contributed by atoms with Crippen LogP contribution in [0.1, 0.15) is 41.4 Å². The summed E-state index contributed by atoms with van der Waals surface area (Å²) in [5, 5.41) is 9.74. The van der Waals surface area contributed by atoms with Gasteiger partial charge in [-0.3, -0.25) is 0 Å². The molecule has 0 heterocycles. The number of benzene rings is 1. The molecule has 13 heavy (non-hydrogen) atoms. The second-order valence-electron chi connectivity index (χ2n) is 4.47. The van der Waals surface area contributed by atoms with Crippen LogP contribution in [-0.2, 0) is 0 Å². The molecular weight excluding hydrogens is 160 g/mol. The quantitative estimate of drug-likeness (QED) is 0.640. The van der Waals surface area contributed by atoms with Crippen LogP contribution < -0.4 is 0 Å². The Balaban J connectivity index is 2.16. The molecule has 0 radical (unpaired) electrons. The van der Waals surface area contributed by atoms with Gasteiger partial charge >= 0.3 is 0 Å². The smallest absolute Gasteiger partial charge is 0.0614 e. The maximum atomic E-state index is 9.74. The van der Waals surface area contributed by atoms with Crippen molar-refractivity contribution >= 4 is 0 Å². The Kier molecular flexibility index (Phi) is 1.37. The zero-order chi connectivity index (χ0) is 9.00. The van der Waals surface area contributed by atoms with Crippen LogP contribution in [0.3, 0.4) is 0 Å². The van der Waals surface area contributed by atoms with Crippen molar-refractivity contribution in [3.8, 4) is 0 Å². The van der Waals surface area contributed by atoms with Crippen LogP contribution in [0.2, 0.25) is 0 Å². The minimum absolute atomic E-state index is 0.0693. The SMILES string of the molecule is Cc1ccc2c(c1)C1CC(O)C2C1. The molecule has 1 saturated carbocycles. The van der Waals surface area contributed by atoms with Gasteiger partial charge in [-0.15, -0.1) is 0 Å². The van der Waals surface area contributed by atoms with E-state index < -0.39 is 0 Å². The van der Waals surface area contributed by atoms with E-state index in [0.29, 0.717) is 11.8 Å². The Labute approximate surface area is 78.4 Å². The van der Waals surface area contributed by atoms with Gasteiger partial charge in [0, 0.05) is 5.92 Å². The van der Waals surface area contributed by atoms with E-state index in [1.807, 2.05) is 0 Å². The summed E-state index contributed by atoms with van der Waals surface area (Å²) in [4.78, 5) is 0. The third-order valence-electron chi connectivity index (χ3n) is 3.61. The predicted octanol–water partition coefficient (Wildman–Crippen LogP) is 2.33. The lowest BCUT2D eigenvalue weighted by Gasteiger charge is -2.20. The van der Waals surface area contributed by atoms with Gasteiger partial charge in [0.25, 0.3) is 0 Å². The fourth-order valence-corrected chi connectivity index (χ4v) is 2.99. The molecule has 0 aliphatic heterocycles. The van der Waals surface area contributed by atoms with Gasteiger partial charge in [0.2, 0.25) is 0 Å². The largest absolute Gasteiger partial charge is 0.392 e. The van der Waals surface area contributed by atoms with Crippen LogP contribution in [0.4, 0.5) is 0 Å². The third kappa shape index (κ3) is 0.910. The van der Waals surface area contributed by atoms with Crippen molar-refractivity contribution in [2.75, 3.05) is 0 Å². The Morgan fingerprint density at radius 1 is 1.23 bits per heavy atom. The second-order valence-corrected chi connectivity index (χ2v) is 4.47. The molecule has 3 rings (SSSR count). The summed E-state index contributed by atoms with van der Waals surface area (Å²) in [5.74, 6) is 1.09. The topological polar surface area (TPSA) is 20.2 Å². The molecule has 68 valence electrons. The highest BCUT2D eigenvalue weighted by Crippen LogP contribution is 2.53. The normalized spacial score (nSPS) is 35.1. The summed E-state index contributed by atoms with van der Waals surface area (Å²) in [6, 6.07) is 6.66. The maximum Gasteiger partial charge on any atom is 0.0614 e. The number of fused-ring (bicyclic) bond motifs is 5. The standard InChI is InChI=1S/C12H14O/c1-7-2-3-9-10(4-7)8-5-11(9)12(13)6-8/h2-4,8,11-13H,5-6H2,1H3. The molecular formula is C12H14O. The van der Waals surface area contributed by atoms with E-state index in [0.717, 1.165) is 6.42 Å². The first kappa shape index (κ1) is 7.57. The van der Waals surface area contributed by atoms with Gasteiger partial charge in [-0.2, -0.15) is 0 Å². The highest BCUT2D eigenvalue weighted by Gasteiger charge is 2.42. The van der Waals surface area contributed by atoms with Crippen LogP contribution in [0, 0.1) is 6.92 Å². The molecule has 2 aliphatic rings. The van der Waals surface area contributed by atoms with Gasteiger partial charge in [-0.05, 0) is 36.8 Å². The molecule has 2 aliphatic carbocycles. The molecule has 1 aromatic carbocycles. The molecule has 1 nitrogen and oxygen atoms in total. The fourth-order valence-electron chi connectivity index (χ4n) is 2.99. The van der Waals surface area contributed by atoms with Gasteiger partial charge < -0.3 is 5.11 Å². The lowest BCUT2D eigenvalue weighted by atomic mass is 9.89. The van der Waals surface area contributed by atoms with Gasteiger partial charge in [-0.1, -0.05) is 23.8 Å². The predicted molar refractivity (Wildman–Crippen MR) is 51.9 cm³/mol. The molecule has 3 atom stereocenters. The van der Waals surface area contributed by atoms with Crippen molar-refractivity contribution in [3.05, 3.63) is 34.9 Å². The molecule has 1 fully saturated rings. The zero-order valence-corrected chi connectivity index (χ0v) is 7.83. The van der Waals surface area contributed by atoms with Crippen molar-refractivity contribution in [1.82, 2.24) is 0 Å². The summed E-state index contributed by atoms with van der Waals surface area (Å²) < 4.78 is 0. The number of aliphatic hydroxyl groups is 1. The third-order valence-corrected chi connectivity index (χ3v) is 3.61. The first-order valence-electron chi connectivity index (χ1n) is 5.04. The molecule has 0 aromatic heterocycles. The molecule has 1 heteroatoms. The lowest BCUT2D eigenvalue weighted by Crippen LogP contribution is -2.15. The number of hydrogen-bond acceptors (Lipinski definition) is 1. The van der Waals surface area contributed by atoms with Crippen LogP contribution in [0.15, 0.2) is 18.2 Å². The van der Waals surface area contributed by atoms with E-state index in [2.05, 4.69) is 25.1 Å². The first-order chi connectivity index (χ1) is 6.25. The van der Waals surface area contributed by atoms with E-state index in [4.69, 9.17) is 0 Å². The Morgan fingerprint density at radius 2 is 2.08 bits per heavy atom. The molecule has 1 N–H and O–H groups in total. The second kappa shape index (κ2) is 2.36. The van der Waals surface area contributed by atoms with Crippen molar-refractivity contribution in [1.29, 1.82) is 0 Å². The van der Waals surface area contributed by atoms with Gasteiger partial charge in [-0.25, -0.2) is 0 Å². The van der Waals surface area contributed by atoms with Crippen LogP contribution >= 0.6 is 0 Å². The summed E-state index contributed by atoms with van der Waals surface area (Å²) in [5.41, 5.74) is 4.27. The molecule has 1 aromatic rings. The number of aryl methyl sites for hydroxylation is 1. The van der Waals surface area contributed by atoms with E-state index >= 15 is 0 Å². The Bertz CT molecular complexity index is 356. The summed E-state index contributed by atoms with van der Waals surface area (Å²) in [7, 11) is 0.